The Morgan fingerprint density at radius 1 is 1.26 bits per heavy atom. The lowest BCUT2D eigenvalue weighted by Crippen LogP contribution is -2.27. The van der Waals surface area contributed by atoms with Crippen LogP contribution >= 0.6 is 0 Å². The van der Waals surface area contributed by atoms with Crippen molar-refractivity contribution in [3.63, 3.8) is 0 Å². The summed E-state index contributed by atoms with van der Waals surface area (Å²) in [7, 11) is 0. The van der Waals surface area contributed by atoms with Crippen molar-refractivity contribution in [3.05, 3.63) is 48.3 Å². The van der Waals surface area contributed by atoms with Gasteiger partial charge in [-0.25, -0.2) is 4.98 Å². The minimum Gasteiger partial charge on any atom is -0.351 e. The third-order valence-electron chi connectivity index (χ3n) is 2.61. The fourth-order valence-electron chi connectivity index (χ4n) is 1.63. The summed E-state index contributed by atoms with van der Waals surface area (Å²) in [5.74, 6) is -0.121. The zero-order valence-electron chi connectivity index (χ0n) is 10.6. The predicted octanol–water partition coefficient (Wildman–Crippen LogP) is 0.714. The Bertz CT molecular complexity index is 483. The maximum atomic E-state index is 11.5. The highest BCUT2D eigenvalue weighted by Gasteiger charge is 2.04. The average molecular weight is 259 g/mol. The topological polar surface area (TPSA) is 82.7 Å². The second-order valence-corrected chi connectivity index (χ2v) is 4.11. The SMILES string of the molecule is O=C(NCCCNCc1cccnc1)c1cnc[nH]1. The predicted molar refractivity (Wildman–Crippen MR) is 71.5 cm³/mol. The monoisotopic (exact) mass is 259 g/mol. The molecule has 0 aliphatic rings. The number of nitrogens with one attached hydrogen (secondary N) is 3. The van der Waals surface area contributed by atoms with Gasteiger partial charge in [0.2, 0.25) is 0 Å². The van der Waals surface area contributed by atoms with Gasteiger partial charge in [0.05, 0.1) is 12.5 Å². The number of amides is 1. The molecule has 2 aromatic rings. The lowest BCUT2D eigenvalue weighted by molar-refractivity contribution is 0.0949. The Balaban J connectivity index is 1.54. The summed E-state index contributed by atoms with van der Waals surface area (Å²) in [4.78, 5) is 22.2. The van der Waals surface area contributed by atoms with E-state index in [9.17, 15) is 4.79 Å². The lowest BCUT2D eigenvalue weighted by atomic mass is 10.3. The van der Waals surface area contributed by atoms with Gasteiger partial charge in [0.1, 0.15) is 5.69 Å². The Morgan fingerprint density at radius 2 is 2.21 bits per heavy atom. The van der Waals surface area contributed by atoms with Crippen molar-refractivity contribution in [2.24, 2.45) is 0 Å². The summed E-state index contributed by atoms with van der Waals surface area (Å²) in [5, 5.41) is 6.12. The van der Waals surface area contributed by atoms with Gasteiger partial charge in [-0.05, 0) is 24.6 Å². The molecule has 6 nitrogen and oxygen atoms in total. The van der Waals surface area contributed by atoms with E-state index in [0.717, 1.165) is 25.1 Å². The molecule has 2 rings (SSSR count). The smallest absolute Gasteiger partial charge is 0.269 e. The molecule has 0 spiro atoms. The molecule has 6 heteroatoms. The molecule has 19 heavy (non-hydrogen) atoms. The van der Waals surface area contributed by atoms with Gasteiger partial charge in [0, 0.05) is 25.5 Å². The number of aromatic amines is 1. The highest BCUT2D eigenvalue weighted by Crippen LogP contribution is 1.94. The maximum Gasteiger partial charge on any atom is 0.269 e. The number of hydrogen-bond acceptors (Lipinski definition) is 4. The average Bonchev–Trinajstić information content (AvgIpc) is 2.98. The fourth-order valence-corrected chi connectivity index (χ4v) is 1.63. The van der Waals surface area contributed by atoms with E-state index < -0.39 is 0 Å². The van der Waals surface area contributed by atoms with Crippen LogP contribution in [0.25, 0.3) is 0 Å². The Hall–Kier alpha value is -2.21. The molecule has 0 saturated heterocycles. The molecule has 0 bridgehead atoms. The summed E-state index contributed by atoms with van der Waals surface area (Å²) >= 11 is 0. The van der Waals surface area contributed by atoms with Crippen LogP contribution in [0.3, 0.4) is 0 Å². The summed E-state index contributed by atoms with van der Waals surface area (Å²) in [6.07, 6.45) is 7.47. The summed E-state index contributed by atoms with van der Waals surface area (Å²) in [6, 6.07) is 3.95. The van der Waals surface area contributed by atoms with Crippen LogP contribution in [0.2, 0.25) is 0 Å². The van der Waals surface area contributed by atoms with E-state index in [1.54, 1.807) is 6.20 Å². The van der Waals surface area contributed by atoms with Gasteiger partial charge in [0.25, 0.3) is 5.91 Å². The van der Waals surface area contributed by atoms with Crippen molar-refractivity contribution >= 4 is 5.91 Å². The zero-order valence-corrected chi connectivity index (χ0v) is 10.6. The summed E-state index contributed by atoms with van der Waals surface area (Å²) in [6.45, 7) is 2.28. The van der Waals surface area contributed by atoms with Crippen molar-refractivity contribution in [1.82, 2.24) is 25.6 Å². The molecule has 0 radical (unpaired) electrons. The molecular formula is C13H17N5O. The van der Waals surface area contributed by atoms with Gasteiger partial charge in [-0.3, -0.25) is 9.78 Å². The third kappa shape index (κ3) is 4.51. The minimum absolute atomic E-state index is 0.121. The zero-order chi connectivity index (χ0) is 13.3. The van der Waals surface area contributed by atoms with Crippen LogP contribution in [-0.4, -0.2) is 33.9 Å². The molecule has 100 valence electrons. The normalized spacial score (nSPS) is 10.3. The van der Waals surface area contributed by atoms with Crippen LogP contribution in [0.4, 0.5) is 0 Å². The first-order valence-electron chi connectivity index (χ1n) is 6.22. The van der Waals surface area contributed by atoms with Gasteiger partial charge in [0.15, 0.2) is 0 Å². The number of carbonyl (C=O) groups excluding carboxylic acids is 1. The van der Waals surface area contributed by atoms with E-state index in [4.69, 9.17) is 0 Å². The number of carbonyl (C=O) groups is 1. The molecule has 0 saturated carbocycles. The highest BCUT2D eigenvalue weighted by molar-refractivity contribution is 5.91. The number of rotatable bonds is 7. The molecule has 2 heterocycles. The number of pyridine rings is 1. The van der Waals surface area contributed by atoms with Gasteiger partial charge >= 0.3 is 0 Å². The second-order valence-electron chi connectivity index (χ2n) is 4.11. The summed E-state index contributed by atoms with van der Waals surface area (Å²) < 4.78 is 0. The first-order chi connectivity index (χ1) is 9.36. The Morgan fingerprint density at radius 3 is 2.95 bits per heavy atom. The molecule has 0 unspecified atom stereocenters. The van der Waals surface area contributed by atoms with Crippen LogP contribution < -0.4 is 10.6 Å². The number of imidazole rings is 1. The van der Waals surface area contributed by atoms with Gasteiger partial charge in [-0.15, -0.1) is 0 Å². The van der Waals surface area contributed by atoms with Crippen LogP contribution in [0.5, 0.6) is 0 Å². The minimum atomic E-state index is -0.121. The molecule has 1 amide bonds. The van der Waals surface area contributed by atoms with Gasteiger partial charge in [-0.1, -0.05) is 6.07 Å². The second kappa shape index (κ2) is 7.27. The van der Waals surface area contributed by atoms with Crippen molar-refractivity contribution in [3.8, 4) is 0 Å². The van der Waals surface area contributed by atoms with Crippen molar-refractivity contribution in [2.45, 2.75) is 13.0 Å². The van der Waals surface area contributed by atoms with E-state index >= 15 is 0 Å². The summed E-state index contributed by atoms with van der Waals surface area (Å²) in [5.41, 5.74) is 1.65. The van der Waals surface area contributed by atoms with Crippen molar-refractivity contribution in [1.29, 1.82) is 0 Å². The molecule has 2 aromatic heterocycles. The number of aromatic nitrogens is 3. The maximum absolute atomic E-state index is 11.5. The van der Waals surface area contributed by atoms with E-state index in [2.05, 4.69) is 25.6 Å². The van der Waals surface area contributed by atoms with Crippen LogP contribution in [0, 0.1) is 0 Å². The van der Waals surface area contributed by atoms with Crippen LogP contribution in [-0.2, 0) is 6.54 Å². The Labute approximate surface area is 111 Å². The van der Waals surface area contributed by atoms with Crippen molar-refractivity contribution in [2.75, 3.05) is 13.1 Å². The van der Waals surface area contributed by atoms with E-state index in [1.165, 1.54) is 12.5 Å². The molecule has 0 aliphatic carbocycles. The van der Waals surface area contributed by atoms with E-state index in [-0.39, 0.29) is 5.91 Å². The molecule has 0 fully saturated rings. The Kier molecular flexibility index (Phi) is 5.06. The standard InChI is InChI=1S/C13H17N5O/c19-13(12-9-16-10-18-12)17-6-2-5-15-8-11-3-1-4-14-7-11/h1,3-4,7,9-10,15H,2,5-6,8H2,(H,16,18)(H,17,19). The van der Waals surface area contributed by atoms with E-state index in [1.807, 2.05) is 18.3 Å². The number of nitrogens with zero attached hydrogens (tertiary/aromatic N) is 2. The largest absolute Gasteiger partial charge is 0.351 e. The first kappa shape index (κ1) is 13.2. The van der Waals surface area contributed by atoms with Gasteiger partial charge in [-0.2, -0.15) is 0 Å². The molecule has 0 aliphatic heterocycles. The van der Waals surface area contributed by atoms with Crippen molar-refractivity contribution < 1.29 is 4.79 Å². The third-order valence-corrected chi connectivity index (χ3v) is 2.61. The molecule has 0 atom stereocenters. The van der Waals surface area contributed by atoms with Crippen LogP contribution in [0.15, 0.2) is 37.1 Å². The lowest BCUT2D eigenvalue weighted by Gasteiger charge is -2.05. The molecule has 0 aromatic carbocycles. The molecule has 3 N–H and O–H groups in total. The highest BCUT2D eigenvalue weighted by atomic mass is 16.1. The van der Waals surface area contributed by atoms with Crippen LogP contribution in [0.1, 0.15) is 22.5 Å². The number of H-pyrrole nitrogens is 1. The molecular weight excluding hydrogens is 242 g/mol. The van der Waals surface area contributed by atoms with E-state index in [0.29, 0.717) is 12.2 Å². The van der Waals surface area contributed by atoms with Gasteiger partial charge < -0.3 is 15.6 Å². The first-order valence-corrected chi connectivity index (χ1v) is 6.22. The quantitative estimate of drug-likeness (QED) is 0.640. The number of hydrogen-bond donors (Lipinski definition) is 3. The fraction of sp³-hybridized carbons (Fsp3) is 0.308.